The Bertz CT molecular complexity index is 440. The third kappa shape index (κ3) is 19.2. The number of unbranched alkanes of at least 4 members (excludes halogenated alkanes) is 8. The molecule has 28 heavy (non-hydrogen) atoms. The fourth-order valence-electron chi connectivity index (χ4n) is 2.96. The standard InChI is InChI=1S/C24H42O4/c1-3-5-7-9-11-14-18-22(19-15-12-13-16-20-23(25)26)28-24(27)21-17-10-8-6-4-2/h7,9,14,18,22H,3-6,8,10-13,15-17,19-21H2,1-2H3,(H,25,26)/b9-7-,18-14-. The van der Waals surface area contributed by atoms with Crippen LogP contribution in [0, 0.1) is 0 Å². The van der Waals surface area contributed by atoms with Crippen LogP contribution in [0.1, 0.15) is 110 Å². The van der Waals surface area contributed by atoms with Crippen LogP contribution in [0.4, 0.5) is 0 Å². The Labute approximate surface area is 172 Å². The number of carboxylic acid groups (broad SMARTS) is 1. The maximum absolute atomic E-state index is 12.1. The average Bonchev–Trinajstić information content (AvgIpc) is 2.66. The summed E-state index contributed by atoms with van der Waals surface area (Å²) in [6.45, 7) is 4.35. The molecule has 4 nitrogen and oxygen atoms in total. The monoisotopic (exact) mass is 394 g/mol. The summed E-state index contributed by atoms with van der Waals surface area (Å²) in [5.74, 6) is -0.830. The van der Waals surface area contributed by atoms with E-state index in [4.69, 9.17) is 9.84 Å². The van der Waals surface area contributed by atoms with Gasteiger partial charge in [0, 0.05) is 12.8 Å². The highest BCUT2D eigenvalue weighted by atomic mass is 16.5. The smallest absolute Gasteiger partial charge is 0.306 e. The number of carbonyl (C=O) groups excluding carboxylic acids is 1. The van der Waals surface area contributed by atoms with Gasteiger partial charge in [-0.2, -0.15) is 0 Å². The highest BCUT2D eigenvalue weighted by Gasteiger charge is 2.11. The summed E-state index contributed by atoms with van der Waals surface area (Å²) in [5.41, 5.74) is 0. The van der Waals surface area contributed by atoms with Gasteiger partial charge in [0.15, 0.2) is 0 Å². The fraction of sp³-hybridized carbons (Fsp3) is 0.750. The van der Waals surface area contributed by atoms with Crippen LogP contribution in [0.15, 0.2) is 24.3 Å². The first-order valence-corrected chi connectivity index (χ1v) is 11.3. The predicted octanol–water partition coefficient (Wildman–Crippen LogP) is 6.99. The van der Waals surface area contributed by atoms with E-state index in [1.165, 1.54) is 19.3 Å². The number of hydrogen-bond acceptors (Lipinski definition) is 3. The second-order valence-corrected chi connectivity index (χ2v) is 7.46. The van der Waals surface area contributed by atoms with Crippen molar-refractivity contribution in [1.82, 2.24) is 0 Å². The number of esters is 1. The summed E-state index contributed by atoms with van der Waals surface area (Å²) in [7, 11) is 0. The van der Waals surface area contributed by atoms with Gasteiger partial charge in [-0.15, -0.1) is 0 Å². The van der Waals surface area contributed by atoms with E-state index in [-0.39, 0.29) is 18.5 Å². The molecule has 0 aliphatic rings. The Kier molecular flexibility index (Phi) is 19.0. The molecule has 0 saturated carbocycles. The maximum Gasteiger partial charge on any atom is 0.306 e. The quantitative estimate of drug-likeness (QED) is 0.146. The number of ether oxygens (including phenoxy) is 1. The van der Waals surface area contributed by atoms with E-state index < -0.39 is 5.97 Å². The van der Waals surface area contributed by atoms with Crippen molar-refractivity contribution in [1.29, 1.82) is 0 Å². The lowest BCUT2D eigenvalue weighted by Crippen LogP contribution is -2.16. The van der Waals surface area contributed by atoms with Gasteiger partial charge in [-0.05, 0) is 44.6 Å². The number of allylic oxidation sites excluding steroid dienone is 3. The minimum atomic E-state index is -0.732. The van der Waals surface area contributed by atoms with Crippen LogP contribution in [-0.2, 0) is 14.3 Å². The zero-order chi connectivity index (χ0) is 20.9. The molecule has 1 unspecified atom stereocenters. The Hall–Kier alpha value is -1.58. The Morgan fingerprint density at radius 2 is 1.50 bits per heavy atom. The van der Waals surface area contributed by atoms with E-state index in [1.807, 2.05) is 6.08 Å². The molecule has 0 saturated heterocycles. The third-order valence-corrected chi connectivity index (χ3v) is 4.64. The molecule has 162 valence electrons. The number of hydrogen-bond donors (Lipinski definition) is 1. The van der Waals surface area contributed by atoms with Crippen molar-refractivity contribution in [2.24, 2.45) is 0 Å². The second-order valence-electron chi connectivity index (χ2n) is 7.46. The normalized spacial score (nSPS) is 12.6. The van der Waals surface area contributed by atoms with Crippen molar-refractivity contribution in [3.63, 3.8) is 0 Å². The number of carboxylic acids is 1. The lowest BCUT2D eigenvalue weighted by Gasteiger charge is -2.14. The van der Waals surface area contributed by atoms with Crippen LogP contribution in [0.3, 0.4) is 0 Å². The molecule has 0 aliphatic heterocycles. The van der Waals surface area contributed by atoms with Crippen LogP contribution in [0.5, 0.6) is 0 Å². The molecule has 0 radical (unpaired) electrons. The first kappa shape index (κ1) is 26.4. The zero-order valence-electron chi connectivity index (χ0n) is 18.2. The summed E-state index contributed by atoms with van der Waals surface area (Å²) < 4.78 is 5.69. The van der Waals surface area contributed by atoms with E-state index >= 15 is 0 Å². The Morgan fingerprint density at radius 1 is 0.821 bits per heavy atom. The number of carbonyl (C=O) groups is 2. The summed E-state index contributed by atoms with van der Waals surface area (Å²) in [6.07, 6.45) is 22.1. The molecule has 0 heterocycles. The van der Waals surface area contributed by atoms with Gasteiger partial charge in [0.1, 0.15) is 6.10 Å². The molecule has 0 amide bonds. The zero-order valence-corrected chi connectivity index (χ0v) is 18.2. The number of aliphatic carboxylic acids is 1. The molecule has 0 bridgehead atoms. The Balaban J connectivity index is 4.24. The van der Waals surface area contributed by atoms with Crippen LogP contribution in [-0.4, -0.2) is 23.1 Å². The average molecular weight is 395 g/mol. The minimum absolute atomic E-state index is 0.0986. The van der Waals surface area contributed by atoms with Gasteiger partial charge < -0.3 is 9.84 Å². The molecule has 1 atom stereocenters. The number of rotatable bonds is 19. The van der Waals surface area contributed by atoms with Gasteiger partial charge in [-0.1, -0.05) is 77.0 Å². The molecule has 1 N–H and O–H groups in total. The summed E-state index contributed by atoms with van der Waals surface area (Å²) in [6, 6.07) is 0. The highest BCUT2D eigenvalue weighted by Crippen LogP contribution is 2.13. The Morgan fingerprint density at radius 3 is 2.18 bits per heavy atom. The first-order valence-electron chi connectivity index (χ1n) is 11.3. The predicted molar refractivity (Wildman–Crippen MR) is 116 cm³/mol. The largest absolute Gasteiger partial charge is 0.481 e. The molecule has 0 spiro atoms. The van der Waals surface area contributed by atoms with E-state index in [9.17, 15) is 9.59 Å². The molecular formula is C24H42O4. The van der Waals surface area contributed by atoms with Gasteiger partial charge in [0.2, 0.25) is 0 Å². The van der Waals surface area contributed by atoms with Gasteiger partial charge in [0.05, 0.1) is 0 Å². The van der Waals surface area contributed by atoms with Crippen molar-refractivity contribution in [2.75, 3.05) is 0 Å². The van der Waals surface area contributed by atoms with Gasteiger partial charge >= 0.3 is 11.9 Å². The van der Waals surface area contributed by atoms with Gasteiger partial charge in [-0.25, -0.2) is 0 Å². The molecule has 0 aromatic rings. The summed E-state index contributed by atoms with van der Waals surface area (Å²) >= 11 is 0. The van der Waals surface area contributed by atoms with Crippen molar-refractivity contribution in [2.45, 2.75) is 116 Å². The van der Waals surface area contributed by atoms with Crippen LogP contribution in [0.25, 0.3) is 0 Å². The lowest BCUT2D eigenvalue weighted by atomic mass is 10.1. The molecule has 0 aromatic heterocycles. The highest BCUT2D eigenvalue weighted by molar-refractivity contribution is 5.69. The van der Waals surface area contributed by atoms with Crippen molar-refractivity contribution >= 4 is 11.9 Å². The third-order valence-electron chi connectivity index (χ3n) is 4.64. The second kappa shape index (κ2) is 20.2. The molecular weight excluding hydrogens is 352 g/mol. The summed E-state index contributed by atoms with van der Waals surface area (Å²) in [4.78, 5) is 22.7. The van der Waals surface area contributed by atoms with Gasteiger partial charge in [0.25, 0.3) is 0 Å². The van der Waals surface area contributed by atoms with Crippen LogP contribution in [0.2, 0.25) is 0 Å². The van der Waals surface area contributed by atoms with Crippen LogP contribution >= 0.6 is 0 Å². The lowest BCUT2D eigenvalue weighted by molar-refractivity contribution is -0.147. The van der Waals surface area contributed by atoms with Crippen molar-refractivity contribution in [3.8, 4) is 0 Å². The molecule has 0 rings (SSSR count). The fourth-order valence-corrected chi connectivity index (χ4v) is 2.96. The van der Waals surface area contributed by atoms with Gasteiger partial charge in [-0.3, -0.25) is 9.59 Å². The van der Waals surface area contributed by atoms with Crippen molar-refractivity contribution < 1.29 is 19.4 Å². The van der Waals surface area contributed by atoms with Crippen LogP contribution < -0.4 is 0 Å². The molecule has 0 aliphatic carbocycles. The van der Waals surface area contributed by atoms with E-state index in [1.54, 1.807) is 0 Å². The first-order chi connectivity index (χ1) is 13.6. The maximum atomic E-state index is 12.1. The topological polar surface area (TPSA) is 63.6 Å². The minimum Gasteiger partial charge on any atom is -0.481 e. The van der Waals surface area contributed by atoms with E-state index in [0.717, 1.165) is 64.2 Å². The van der Waals surface area contributed by atoms with E-state index in [0.29, 0.717) is 6.42 Å². The molecule has 0 fully saturated rings. The molecule has 4 heteroatoms. The molecule has 0 aromatic carbocycles. The summed E-state index contributed by atoms with van der Waals surface area (Å²) in [5, 5.41) is 8.68. The SMILES string of the molecule is CCC/C=C\C/C=C\C(CCCCCCC(=O)O)OC(=O)CCCCCCC. The van der Waals surface area contributed by atoms with E-state index in [2.05, 4.69) is 32.1 Å². The van der Waals surface area contributed by atoms with Crippen molar-refractivity contribution in [3.05, 3.63) is 24.3 Å².